The van der Waals surface area contributed by atoms with E-state index in [0.29, 0.717) is 16.6 Å². The van der Waals surface area contributed by atoms with Gasteiger partial charge < -0.3 is 14.4 Å². The van der Waals surface area contributed by atoms with Crippen molar-refractivity contribution in [2.24, 2.45) is 0 Å². The number of carboxylic acid groups (broad SMARTS) is 1. The lowest BCUT2D eigenvalue weighted by Gasteiger charge is -2.20. The van der Waals surface area contributed by atoms with Crippen molar-refractivity contribution in [2.45, 2.75) is 39.5 Å². The number of hydrogen-bond donors (Lipinski definition) is 1. The molecule has 0 aliphatic heterocycles. The first-order valence-electron chi connectivity index (χ1n) is 8.89. The lowest BCUT2D eigenvalue weighted by atomic mass is 9.93. The molecule has 0 unspecified atom stereocenters. The molecule has 1 heterocycles. The van der Waals surface area contributed by atoms with Gasteiger partial charge in [-0.25, -0.2) is 4.79 Å². The zero-order valence-corrected chi connectivity index (χ0v) is 15.7. The van der Waals surface area contributed by atoms with Gasteiger partial charge in [-0.1, -0.05) is 32.9 Å². The summed E-state index contributed by atoms with van der Waals surface area (Å²) in [6.45, 7) is 6.08. The molecule has 3 aromatic rings. The predicted molar refractivity (Wildman–Crippen MR) is 100 cm³/mol. The highest BCUT2D eigenvalue weighted by Crippen LogP contribution is 2.34. The van der Waals surface area contributed by atoms with E-state index in [2.05, 4.69) is 4.74 Å². The van der Waals surface area contributed by atoms with Gasteiger partial charge in [0.05, 0.1) is 11.2 Å². The van der Waals surface area contributed by atoms with Gasteiger partial charge in [-0.3, -0.25) is 0 Å². The SMILES string of the molecule is CCc1cccc(-n2c(C(=O)O)cc3cc(OC(F)(F)F)ccc32)c1C(C)C. The minimum Gasteiger partial charge on any atom is -0.477 e. The van der Waals surface area contributed by atoms with Crippen molar-refractivity contribution in [3.8, 4) is 11.4 Å². The zero-order valence-electron chi connectivity index (χ0n) is 15.7. The summed E-state index contributed by atoms with van der Waals surface area (Å²) in [5, 5.41) is 10.1. The molecular weight excluding hydrogens is 371 g/mol. The molecule has 0 aliphatic carbocycles. The Balaban J connectivity index is 2.29. The molecule has 0 radical (unpaired) electrons. The van der Waals surface area contributed by atoms with Gasteiger partial charge in [0.2, 0.25) is 0 Å². The van der Waals surface area contributed by atoms with Gasteiger partial charge in [-0.2, -0.15) is 0 Å². The first-order chi connectivity index (χ1) is 13.1. The summed E-state index contributed by atoms with van der Waals surface area (Å²) in [5.74, 6) is -1.41. The lowest BCUT2D eigenvalue weighted by Crippen LogP contribution is -2.17. The van der Waals surface area contributed by atoms with Crippen molar-refractivity contribution in [1.82, 2.24) is 4.57 Å². The van der Waals surface area contributed by atoms with Gasteiger partial charge in [-0.15, -0.1) is 13.2 Å². The minimum atomic E-state index is -4.81. The average Bonchev–Trinajstić information content (AvgIpc) is 2.98. The van der Waals surface area contributed by atoms with Crippen LogP contribution in [0.5, 0.6) is 5.75 Å². The number of carboxylic acids is 1. The van der Waals surface area contributed by atoms with Crippen LogP contribution in [0.15, 0.2) is 42.5 Å². The number of aromatic nitrogens is 1. The van der Waals surface area contributed by atoms with E-state index in [0.717, 1.165) is 17.5 Å². The minimum absolute atomic E-state index is 0.0192. The highest BCUT2D eigenvalue weighted by Gasteiger charge is 2.31. The number of nitrogens with zero attached hydrogens (tertiary/aromatic N) is 1. The van der Waals surface area contributed by atoms with E-state index in [4.69, 9.17) is 0 Å². The van der Waals surface area contributed by atoms with Gasteiger partial charge in [-0.05, 0) is 53.8 Å². The molecule has 4 nitrogen and oxygen atoms in total. The standard InChI is InChI=1S/C21H20F3NO3/c1-4-13-6-5-7-17(19(13)12(2)3)25-16-9-8-15(28-21(22,23)24)10-14(16)11-18(25)20(26)27/h5-12H,4H2,1-3H3,(H,26,27). The highest BCUT2D eigenvalue weighted by molar-refractivity contribution is 5.96. The Morgan fingerprint density at radius 1 is 1.18 bits per heavy atom. The van der Waals surface area contributed by atoms with E-state index in [-0.39, 0.29) is 17.4 Å². The third kappa shape index (κ3) is 3.69. The van der Waals surface area contributed by atoms with E-state index in [9.17, 15) is 23.1 Å². The quantitative estimate of drug-likeness (QED) is 0.588. The smallest absolute Gasteiger partial charge is 0.477 e. The topological polar surface area (TPSA) is 51.5 Å². The summed E-state index contributed by atoms with van der Waals surface area (Å²) >= 11 is 0. The molecule has 0 fully saturated rings. The van der Waals surface area contributed by atoms with Crippen LogP contribution in [0, 0.1) is 0 Å². The summed E-state index contributed by atoms with van der Waals surface area (Å²) in [5.41, 5.74) is 3.31. The maximum absolute atomic E-state index is 12.5. The number of halogens is 3. The normalized spacial score (nSPS) is 12.0. The van der Waals surface area contributed by atoms with Crippen LogP contribution in [-0.2, 0) is 6.42 Å². The maximum atomic E-state index is 12.5. The van der Waals surface area contributed by atoms with Crippen LogP contribution in [0.1, 0.15) is 48.3 Å². The molecule has 148 valence electrons. The second-order valence-corrected chi connectivity index (χ2v) is 6.80. The van der Waals surface area contributed by atoms with Crippen molar-refractivity contribution in [3.05, 3.63) is 59.3 Å². The molecule has 2 aromatic carbocycles. The van der Waals surface area contributed by atoms with Gasteiger partial charge in [0, 0.05) is 5.39 Å². The number of hydrogen-bond acceptors (Lipinski definition) is 2. The number of fused-ring (bicyclic) bond motifs is 1. The maximum Gasteiger partial charge on any atom is 0.573 e. The van der Waals surface area contributed by atoms with Crippen molar-refractivity contribution < 1.29 is 27.8 Å². The number of aromatic carboxylic acids is 1. The fourth-order valence-corrected chi connectivity index (χ4v) is 3.58. The van der Waals surface area contributed by atoms with Crippen LogP contribution in [0.4, 0.5) is 13.2 Å². The highest BCUT2D eigenvalue weighted by atomic mass is 19.4. The summed E-state index contributed by atoms with van der Waals surface area (Å²) in [7, 11) is 0. The molecule has 3 rings (SSSR count). The Bertz CT molecular complexity index is 1040. The number of aryl methyl sites for hydroxylation is 1. The van der Waals surface area contributed by atoms with E-state index in [1.54, 1.807) is 4.57 Å². The second kappa shape index (κ2) is 7.22. The molecule has 7 heteroatoms. The average molecular weight is 391 g/mol. The van der Waals surface area contributed by atoms with E-state index in [1.807, 2.05) is 39.0 Å². The first-order valence-corrected chi connectivity index (χ1v) is 8.89. The van der Waals surface area contributed by atoms with Gasteiger partial charge in [0.25, 0.3) is 0 Å². The van der Waals surface area contributed by atoms with Crippen molar-refractivity contribution >= 4 is 16.9 Å². The monoisotopic (exact) mass is 391 g/mol. The van der Waals surface area contributed by atoms with Crippen LogP contribution >= 0.6 is 0 Å². The Kier molecular flexibility index (Phi) is 5.10. The molecule has 0 saturated heterocycles. The van der Waals surface area contributed by atoms with Crippen LogP contribution < -0.4 is 4.74 Å². The van der Waals surface area contributed by atoms with E-state index < -0.39 is 12.3 Å². The van der Waals surface area contributed by atoms with Crippen molar-refractivity contribution in [2.75, 3.05) is 0 Å². The van der Waals surface area contributed by atoms with Gasteiger partial charge in [0.15, 0.2) is 0 Å². The summed E-state index contributed by atoms with van der Waals surface area (Å²) < 4.78 is 43.1. The summed E-state index contributed by atoms with van der Waals surface area (Å²) in [6, 6.07) is 10.9. The summed E-state index contributed by atoms with van der Waals surface area (Å²) in [6.07, 6.45) is -4.03. The zero-order chi connectivity index (χ0) is 20.6. The number of rotatable bonds is 5. The fraction of sp³-hybridized carbons (Fsp3) is 0.286. The third-order valence-electron chi connectivity index (χ3n) is 4.60. The van der Waals surface area contributed by atoms with E-state index in [1.165, 1.54) is 24.3 Å². The Labute approximate surface area is 160 Å². The molecule has 0 bridgehead atoms. The molecule has 0 atom stereocenters. The molecule has 0 amide bonds. The Hall–Kier alpha value is -2.96. The van der Waals surface area contributed by atoms with Gasteiger partial charge >= 0.3 is 12.3 Å². The van der Waals surface area contributed by atoms with Crippen LogP contribution in [0.25, 0.3) is 16.6 Å². The lowest BCUT2D eigenvalue weighted by molar-refractivity contribution is -0.274. The van der Waals surface area contributed by atoms with Crippen molar-refractivity contribution in [3.63, 3.8) is 0 Å². The summed E-state index contributed by atoms with van der Waals surface area (Å²) in [4.78, 5) is 11.9. The molecule has 0 aliphatic rings. The largest absolute Gasteiger partial charge is 0.573 e. The number of carbonyl (C=O) groups is 1. The Morgan fingerprint density at radius 3 is 2.46 bits per heavy atom. The fourth-order valence-electron chi connectivity index (χ4n) is 3.58. The number of benzene rings is 2. The Morgan fingerprint density at radius 2 is 1.89 bits per heavy atom. The van der Waals surface area contributed by atoms with Crippen LogP contribution in [0.2, 0.25) is 0 Å². The van der Waals surface area contributed by atoms with Crippen LogP contribution in [0.3, 0.4) is 0 Å². The predicted octanol–water partition coefficient (Wildman–Crippen LogP) is 5.91. The molecule has 1 aromatic heterocycles. The van der Waals surface area contributed by atoms with Gasteiger partial charge in [0.1, 0.15) is 11.4 Å². The molecule has 0 spiro atoms. The number of alkyl halides is 3. The molecule has 1 N–H and O–H groups in total. The van der Waals surface area contributed by atoms with E-state index >= 15 is 0 Å². The molecular formula is C21H20F3NO3. The third-order valence-corrected chi connectivity index (χ3v) is 4.60. The van der Waals surface area contributed by atoms with Crippen LogP contribution in [-0.4, -0.2) is 22.0 Å². The molecule has 0 saturated carbocycles. The second-order valence-electron chi connectivity index (χ2n) is 6.80. The number of ether oxygens (including phenoxy) is 1. The van der Waals surface area contributed by atoms with Crippen molar-refractivity contribution in [1.29, 1.82) is 0 Å². The molecule has 28 heavy (non-hydrogen) atoms. The first kappa shape index (κ1) is 19.8.